The summed E-state index contributed by atoms with van der Waals surface area (Å²) in [6.07, 6.45) is 1.45. The fourth-order valence-corrected chi connectivity index (χ4v) is 2.71. The van der Waals surface area contributed by atoms with Gasteiger partial charge in [0.05, 0.1) is 18.2 Å². The van der Waals surface area contributed by atoms with Crippen LogP contribution in [0.15, 0.2) is 18.2 Å². The Morgan fingerprint density at radius 3 is 2.47 bits per heavy atom. The summed E-state index contributed by atoms with van der Waals surface area (Å²) < 4.78 is 5.15. The van der Waals surface area contributed by atoms with Crippen LogP contribution >= 0.6 is 0 Å². The predicted molar refractivity (Wildman–Crippen MR) is 75.0 cm³/mol. The van der Waals surface area contributed by atoms with Gasteiger partial charge in [-0.25, -0.2) is 0 Å². The Bertz CT molecular complexity index is 480. The highest BCUT2D eigenvalue weighted by Crippen LogP contribution is 2.37. The van der Waals surface area contributed by atoms with E-state index in [-0.39, 0.29) is 5.91 Å². The molecule has 1 aromatic carbocycles. The molecule has 4 N–H and O–H groups in total. The highest BCUT2D eigenvalue weighted by Gasteiger charge is 2.41. The Labute approximate surface area is 113 Å². The normalized spacial score (nSPS) is 19.1. The Kier molecular flexibility index (Phi) is 3.66. The molecular formula is C14H21N3O2. The molecule has 0 aromatic heterocycles. The second-order valence-electron chi connectivity index (χ2n) is 5.21. The number of carbonyl (C=O) groups excluding carboxylic acids is 1. The number of amides is 1. The van der Waals surface area contributed by atoms with Crippen LogP contribution in [-0.4, -0.2) is 38.1 Å². The maximum Gasteiger partial charge on any atom is 0.228 e. The molecule has 1 aliphatic heterocycles. The maximum absolute atomic E-state index is 12.0. The number of methoxy groups -OCH3 is 1. The van der Waals surface area contributed by atoms with Crippen molar-refractivity contribution in [2.75, 3.05) is 33.0 Å². The van der Waals surface area contributed by atoms with E-state index in [9.17, 15) is 4.79 Å². The van der Waals surface area contributed by atoms with E-state index in [0.717, 1.165) is 31.5 Å². The Morgan fingerprint density at radius 1 is 1.37 bits per heavy atom. The van der Waals surface area contributed by atoms with Crippen LogP contribution in [0, 0.1) is 0 Å². The van der Waals surface area contributed by atoms with E-state index in [1.165, 1.54) is 0 Å². The number of anilines is 1. The molecule has 2 rings (SSSR count). The Hall–Kier alpha value is -1.75. The summed E-state index contributed by atoms with van der Waals surface area (Å²) in [5, 5.41) is 0. The molecule has 1 fully saturated rings. The van der Waals surface area contributed by atoms with Crippen LogP contribution in [0.4, 0.5) is 5.69 Å². The summed E-state index contributed by atoms with van der Waals surface area (Å²) >= 11 is 0. The topological polar surface area (TPSA) is 81.6 Å². The number of primary amides is 1. The molecule has 1 saturated heterocycles. The summed E-state index contributed by atoms with van der Waals surface area (Å²) in [5.41, 5.74) is 12.4. The molecule has 0 radical (unpaired) electrons. The van der Waals surface area contributed by atoms with Gasteiger partial charge >= 0.3 is 0 Å². The number of benzene rings is 1. The molecule has 0 atom stereocenters. The second-order valence-corrected chi connectivity index (χ2v) is 5.21. The van der Waals surface area contributed by atoms with Gasteiger partial charge in [-0.1, -0.05) is 6.07 Å². The average molecular weight is 263 g/mol. The van der Waals surface area contributed by atoms with Crippen LogP contribution in [0.5, 0.6) is 5.75 Å². The SMILES string of the molecule is COc1ccc(C2(C(N)=O)CCN(C)CC2)cc1N. The Morgan fingerprint density at radius 2 is 2.00 bits per heavy atom. The maximum atomic E-state index is 12.0. The number of nitrogens with two attached hydrogens (primary N) is 2. The highest BCUT2D eigenvalue weighted by atomic mass is 16.5. The molecule has 19 heavy (non-hydrogen) atoms. The molecule has 1 amide bonds. The van der Waals surface area contributed by atoms with Crippen LogP contribution in [0.3, 0.4) is 0 Å². The highest BCUT2D eigenvalue weighted by molar-refractivity contribution is 5.87. The summed E-state index contributed by atoms with van der Waals surface area (Å²) in [4.78, 5) is 14.2. The zero-order chi connectivity index (χ0) is 14.0. The zero-order valence-electron chi connectivity index (χ0n) is 11.5. The second kappa shape index (κ2) is 5.09. The molecule has 0 saturated carbocycles. The van der Waals surface area contributed by atoms with Crippen molar-refractivity contribution in [2.24, 2.45) is 5.73 Å². The van der Waals surface area contributed by atoms with Crippen molar-refractivity contribution in [2.45, 2.75) is 18.3 Å². The lowest BCUT2D eigenvalue weighted by Crippen LogP contribution is -2.49. The summed E-state index contributed by atoms with van der Waals surface area (Å²) in [5.74, 6) is 0.349. The van der Waals surface area contributed by atoms with Crippen molar-refractivity contribution in [1.82, 2.24) is 4.90 Å². The number of likely N-dealkylation sites (tertiary alicyclic amines) is 1. The first kappa shape index (κ1) is 13.7. The lowest BCUT2D eigenvalue weighted by atomic mass is 9.72. The van der Waals surface area contributed by atoms with Crippen LogP contribution in [-0.2, 0) is 10.2 Å². The first-order valence-corrected chi connectivity index (χ1v) is 6.42. The molecule has 1 aromatic rings. The molecule has 0 spiro atoms. The van der Waals surface area contributed by atoms with E-state index >= 15 is 0 Å². The van der Waals surface area contributed by atoms with Crippen molar-refractivity contribution in [3.63, 3.8) is 0 Å². The van der Waals surface area contributed by atoms with Crippen LogP contribution in [0.1, 0.15) is 18.4 Å². The Balaban J connectivity index is 2.40. The van der Waals surface area contributed by atoms with Crippen LogP contribution < -0.4 is 16.2 Å². The molecule has 0 bridgehead atoms. The number of carbonyl (C=O) groups is 1. The minimum absolute atomic E-state index is 0.273. The molecule has 104 valence electrons. The van der Waals surface area contributed by atoms with Gasteiger partial charge in [0, 0.05) is 0 Å². The van der Waals surface area contributed by atoms with Gasteiger partial charge in [0.2, 0.25) is 5.91 Å². The quantitative estimate of drug-likeness (QED) is 0.788. The van der Waals surface area contributed by atoms with E-state index in [1.54, 1.807) is 13.2 Å². The number of hydrogen-bond donors (Lipinski definition) is 2. The molecule has 5 heteroatoms. The molecule has 5 nitrogen and oxygen atoms in total. The fraction of sp³-hybridized carbons (Fsp3) is 0.500. The number of piperidine rings is 1. The summed E-state index contributed by atoms with van der Waals surface area (Å²) in [6.45, 7) is 1.71. The lowest BCUT2D eigenvalue weighted by molar-refractivity contribution is -0.125. The first-order valence-electron chi connectivity index (χ1n) is 6.42. The zero-order valence-corrected chi connectivity index (χ0v) is 11.5. The van der Waals surface area contributed by atoms with E-state index in [1.807, 2.05) is 19.2 Å². The molecule has 1 heterocycles. The van der Waals surface area contributed by atoms with Gasteiger partial charge in [-0.05, 0) is 50.7 Å². The minimum Gasteiger partial charge on any atom is -0.495 e. The smallest absolute Gasteiger partial charge is 0.228 e. The summed E-state index contributed by atoms with van der Waals surface area (Å²) in [7, 11) is 3.62. The van der Waals surface area contributed by atoms with Crippen molar-refractivity contribution >= 4 is 11.6 Å². The summed E-state index contributed by atoms with van der Waals surface area (Å²) in [6, 6.07) is 5.51. The lowest BCUT2D eigenvalue weighted by Gasteiger charge is -2.38. The standard InChI is InChI=1S/C14H21N3O2/c1-17-7-5-14(6-8-17,13(16)18)10-3-4-12(19-2)11(15)9-10/h3-4,9H,5-8,15H2,1-2H3,(H2,16,18). The molecule has 0 aliphatic carbocycles. The minimum atomic E-state index is -0.604. The van der Waals surface area contributed by atoms with E-state index < -0.39 is 5.41 Å². The first-order chi connectivity index (χ1) is 8.99. The van der Waals surface area contributed by atoms with Gasteiger partial charge in [0.25, 0.3) is 0 Å². The number of rotatable bonds is 3. The average Bonchev–Trinajstić information content (AvgIpc) is 2.39. The van der Waals surface area contributed by atoms with E-state index in [4.69, 9.17) is 16.2 Å². The number of nitrogen functional groups attached to an aromatic ring is 1. The van der Waals surface area contributed by atoms with E-state index in [0.29, 0.717) is 11.4 Å². The number of nitrogens with zero attached hydrogens (tertiary/aromatic N) is 1. The number of ether oxygens (including phenoxy) is 1. The van der Waals surface area contributed by atoms with Crippen molar-refractivity contribution in [3.8, 4) is 5.75 Å². The van der Waals surface area contributed by atoms with Crippen LogP contribution in [0.25, 0.3) is 0 Å². The van der Waals surface area contributed by atoms with Crippen molar-refractivity contribution < 1.29 is 9.53 Å². The fourth-order valence-electron chi connectivity index (χ4n) is 2.71. The van der Waals surface area contributed by atoms with Gasteiger partial charge in [0.1, 0.15) is 5.75 Å². The molecule has 1 aliphatic rings. The van der Waals surface area contributed by atoms with Gasteiger partial charge in [-0.15, -0.1) is 0 Å². The van der Waals surface area contributed by atoms with Gasteiger partial charge < -0.3 is 21.1 Å². The number of hydrogen-bond acceptors (Lipinski definition) is 4. The molecule has 0 unspecified atom stereocenters. The third kappa shape index (κ3) is 2.38. The monoisotopic (exact) mass is 263 g/mol. The van der Waals surface area contributed by atoms with Crippen molar-refractivity contribution in [1.29, 1.82) is 0 Å². The third-order valence-corrected chi connectivity index (χ3v) is 4.09. The largest absolute Gasteiger partial charge is 0.495 e. The van der Waals surface area contributed by atoms with Crippen molar-refractivity contribution in [3.05, 3.63) is 23.8 Å². The molecular weight excluding hydrogens is 242 g/mol. The third-order valence-electron chi connectivity index (χ3n) is 4.09. The van der Waals surface area contributed by atoms with Gasteiger partial charge in [-0.2, -0.15) is 0 Å². The van der Waals surface area contributed by atoms with E-state index in [2.05, 4.69) is 4.90 Å². The van der Waals surface area contributed by atoms with Gasteiger partial charge in [-0.3, -0.25) is 4.79 Å². The predicted octanol–water partition coefficient (Wildman–Crippen LogP) is 0.726. The van der Waals surface area contributed by atoms with Gasteiger partial charge in [0.15, 0.2) is 0 Å². The van der Waals surface area contributed by atoms with Crippen LogP contribution in [0.2, 0.25) is 0 Å².